The van der Waals surface area contributed by atoms with Crippen molar-refractivity contribution in [1.29, 1.82) is 0 Å². The molecule has 2 aliphatic rings. The molecule has 0 spiro atoms. The van der Waals surface area contributed by atoms with Crippen LogP contribution in [0, 0.1) is 5.92 Å². The lowest BCUT2D eigenvalue weighted by Crippen LogP contribution is -2.51. The number of likely N-dealkylation sites (tertiary alicyclic amines) is 1. The van der Waals surface area contributed by atoms with E-state index in [9.17, 15) is 9.59 Å². The van der Waals surface area contributed by atoms with E-state index in [4.69, 9.17) is 4.74 Å². The Morgan fingerprint density at radius 2 is 1.78 bits per heavy atom. The number of carbonyl (C=O) groups is 2. The van der Waals surface area contributed by atoms with Gasteiger partial charge in [-0.1, -0.05) is 19.8 Å². The van der Waals surface area contributed by atoms with E-state index in [1.807, 2.05) is 4.90 Å². The number of ether oxygens (including phenoxy) is 1. The number of nitrogens with zero attached hydrogens (tertiary/aromatic N) is 1. The number of carbonyl (C=O) groups excluding carboxylic acids is 2. The fourth-order valence-corrected chi connectivity index (χ4v) is 3.63. The van der Waals surface area contributed by atoms with Crippen LogP contribution in [-0.2, 0) is 14.3 Å². The summed E-state index contributed by atoms with van der Waals surface area (Å²) in [6.07, 6.45) is 7.47. The lowest BCUT2D eigenvalue weighted by molar-refractivity contribution is -0.142. The minimum Gasteiger partial charge on any atom is -0.365 e. The summed E-state index contributed by atoms with van der Waals surface area (Å²) < 4.78 is 5.91. The number of piperidine rings is 1. The van der Waals surface area contributed by atoms with Crippen LogP contribution >= 0.6 is 0 Å². The second kappa shape index (κ2) is 8.67. The molecule has 1 heterocycles. The van der Waals surface area contributed by atoms with Gasteiger partial charge in [-0.25, -0.2) is 0 Å². The van der Waals surface area contributed by atoms with E-state index in [-0.39, 0.29) is 17.9 Å². The second-order valence-corrected chi connectivity index (χ2v) is 7.29. The van der Waals surface area contributed by atoms with Crippen molar-refractivity contribution in [2.24, 2.45) is 5.92 Å². The number of nitrogens with one attached hydrogen (secondary N) is 1. The van der Waals surface area contributed by atoms with Gasteiger partial charge in [0, 0.05) is 13.1 Å². The summed E-state index contributed by atoms with van der Waals surface area (Å²) in [5.74, 6) is 0.515. The standard InChI is InChI=1S/C18H32N2O3/c1-13-8-7-9-16(12-13)23-15(3)17(21)19-14(2)18(22)20-10-5-4-6-11-20/h13-16H,4-12H2,1-3H3,(H,19,21)/t13-,14-,15-,16-/m0/s1. The molecule has 1 N–H and O–H groups in total. The molecule has 1 saturated carbocycles. The van der Waals surface area contributed by atoms with Gasteiger partial charge in [0.05, 0.1) is 6.10 Å². The second-order valence-electron chi connectivity index (χ2n) is 7.29. The smallest absolute Gasteiger partial charge is 0.249 e. The first kappa shape index (κ1) is 18.2. The number of hydrogen-bond acceptors (Lipinski definition) is 3. The number of hydrogen-bond donors (Lipinski definition) is 1. The van der Waals surface area contributed by atoms with E-state index in [0.29, 0.717) is 5.92 Å². The summed E-state index contributed by atoms with van der Waals surface area (Å²) in [5, 5.41) is 2.82. The Bertz CT molecular complexity index is 407. The molecule has 2 rings (SSSR count). The zero-order valence-corrected chi connectivity index (χ0v) is 14.8. The van der Waals surface area contributed by atoms with Crippen molar-refractivity contribution in [3.05, 3.63) is 0 Å². The Balaban J connectivity index is 1.76. The van der Waals surface area contributed by atoms with Crippen molar-refractivity contribution < 1.29 is 14.3 Å². The van der Waals surface area contributed by atoms with E-state index in [0.717, 1.165) is 38.8 Å². The maximum atomic E-state index is 12.4. The molecular weight excluding hydrogens is 292 g/mol. The van der Waals surface area contributed by atoms with Gasteiger partial charge in [-0.15, -0.1) is 0 Å². The van der Waals surface area contributed by atoms with Gasteiger partial charge in [0.2, 0.25) is 11.8 Å². The lowest BCUT2D eigenvalue weighted by atomic mass is 9.88. The SMILES string of the molecule is C[C@H]1CCC[C@H](O[C@@H](C)C(=O)N[C@@H](C)C(=O)N2CCCCC2)C1. The first-order valence-electron chi connectivity index (χ1n) is 9.22. The molecule has 0 radical (unpaired) electrons. The average Bonchev–Trinajstić information content (AvgIpc) is 2.54. The van der Waals surface area contributed by atoms with E-state index < -0.39 is 12.1 Å². The zero-order valence-electron chi connectivity index (χ0n) is 14.8. The fourth-order valence-electron chi connectivity index (χ4n) is 3.63. The van der Waals surface area contributed by atoms with E-state index >= 15 is 0 Å². The van der Waals surface area contributed by atoms with Gasteiger partial charge >= 0.3 is 0 Å². The summed E-state index contributed by atoms with van der Waals surface area (Å²) >= 11 is 0. The van der Waals surface area contributed by atoms with Crippen LogP contribution in [0.5, 0.6) is 0 Å². The van der Waals surface area contributed by atoms with Gasteiger partial charge in [-0.2, -0.15) is 0 Å². The minimum atomic E-state index is -0.498. The number of amides is 2. The van der Waals surface area contributed by atoms with Crippen molar-refractivity contribution in [2.45, 2.75) is 84.0 Å². The molecule has 0 aromatic rings. The maximum absolute atomic E-state index is 12.4. The van der Waals surface area contributed by atoms with Crippen LogP contribution in [0.3, 0.4) is 0 Å². The molecule has 23 heavy (non-hydrogen) atoms. The van der Waals surface area contributed by atoms with Crippen molar-refractivity contribution in [1.82, 2.24) is 10.2 Å². The van der Waals surface area contributed by atoms with Crippen molar-refractivity contribution in [3.63, 3.8) is 0 Å². The Labute approximate surface area is 140 Å². The molecule has 0 unspecified atom stereocenters. The van der Waals surface area contributed by atoms with Gasteiger partial charge in [-0.3, -0.25) is 9.59 Å². The summed E-state index contributed by atoms with van der Waals surface area (Å²) in [6, 6.07) is -0.475. The number of rotatable bonds is 5. The molecule has 1 aliphatic carbocycles. The van der Waals surface area contributed by atoms with Crippen molar-refractivity contribution >= 4 is 11.8 Å². The Hall–Kier alpha value is -1.10. The highest BCUT2D eigenvalue weighted by Crippen LogP contribution is 2.26. The molecule has 0 bridgehead atoms. The van der Waals surface area contributed by atoms with Gasteiger partial charge in [0.25, 0.3) is 0 Å². The first-order chi connectivity index (χ1) is 11.0. The van der Waals surface area contributed by atoms with Crippen LogP contribution in [0.15, 0.2) is 0 Å². The summed E-state index contributed by atoms with van der Waals surface area (Å²) in [5.41, 5.74) is 0. The molecule has 5 nitrogen and oxygen atoms in total. The Morgan fingerprint density at radius 3 is 2.43 bits per heavy atom. The molecular formula is C18H32N2O3. The van der Waals surface area contributed by atoms with E-state index in [1.165, 1.54) is 19.3 Å². The minimum absolute atomic E-state index is 0.0246. The fraction of sp³-hybridized carbons (Fsp3) is 0.889. The van der Waals surface area contributed by atoms with Crippen LogP contribution < -0.4 is 5.32 Å². The van der Waals surface area contributed by atoms with Crippen LogP contribution in [0.2, 0.25) is 0 Å². The average molecular weight is 324 g/mol. The van der Waals surface area contributed by atoms with Gasteiger partial charge in [0.1, 0.15) is 12.1 Å². The summed E-state index contributed by atoms with van der Waals surface area (Å²) in [4.78, 5) is 26.5. The zero-order chi connectivity index (χ0) is 16.8. The summed E-state index contributed by atoms with van der Waals surface area (Å²) in [7, 11) is 0. The monoisotopic (exact) mass is 324 g/mol. The lowest BCUT2D eigenvalue weighted by Gasteiger charge is -2.31. The van der Waals surface area contributed by atoms with Crippen LogP contribution in [-0.4, -0.2) is 48.1 Å². The Morgan fingerprint density at radius 1 is 1.09 bits per heavy atom. The summed E-state index contributed by atoms with van der Waals surface area (Å²) in [6.45, 7) is 7.41. The van der Waals surface area contributed by atoms with Gasteiger partial charge in [0.15, 0.2) is 0 Å². The quantitative estimate of drug-likeness (QED) is 0.845. The van der Waals surface area contributed by atoms with Crippen molar-refractivity contribution in [3.8, 4) is 0 Å². The molecule has 1 saturated heterocycles. The van der Waals surface area contributed by atoms with Crippen molar-refractivity contribution in [2.75, 3.05) is 13.1 Å². The normalized spacial score (nSPS) is 28.0. The van der Waals surface area contributed by atoms with Crippen LogP contribution in [0.4, 0.5) is 0 Å². The molecule has 2 amide bonds. The highest BCUT2D eigenvalue weighted by Gasteiger charge is 2.27. The highest BCUT2D eigenvalue weighted by molar-refractivity contribution is 5.89. The highest BCUT2D eigenvalue weighted by atomic mass is 16.5. The maximum Gasteiger partial charge on any atom is 0.249 e. The third-order valence-corrected chi connectivity index (χ3v) is 5.05. The molecule has 0 aromatic carbocycles. The predicted octanol–water partition coefficient (Wildman–Crippen LogP) is 2.49. The molecule has 1 aliphatic heterocycles. The molecule has 5 heteroatoms. The topological polar surface area (TPSA) is 58.6 Å². The molecule has 4 atom stereocenters. The van der Waals surface area contributed by atoms with Crippen LogP contribution in [0.1, 0.15) is 65.7 Å². The first-order valence-corrected chi connectivity index (χ1v) is 9.22. The molecule has 0 aromatic heterocycles. The third-order valence-electron chi connectivity index (χ3n) is 5.05. The predicted molar refractivity (Wildman–Crippen MR) is 90.0 cm³/mol. The van der Waals surface area contributed by atoms with Gasteiger partial charge in [-0.05, 0) is 51.9 Å². The van der Waals surface area contributed by atoms with Gasteiger partial charge < -0.3 is 15.0 Å². The Kier molecular flexibility index (Phi) is 6.88. The molecule has 132 valence electrons. The van der Waals surface area contributed by atoms with Crippen LogP contribution in [0.25, 0.3) is 0 Å². The van der Waals surface area contributed by atoms with E-state index in [2.05, 4.69) is 12.2 Å². The van der Waals surface area contributed by atoms with E-state index in [1.54, 1.807) is 13.8 Å². The third kappa shape index (κ3) is 5.48. The largest absolute Gasteiger partial charge is 0.365 e. The molecule has 2 fully saturated rings.